The van der Waals surface area contributed by atoms with E-state index in [4.69, 9.17) is 11.6 Å². The van der Waals surface area contributed by atoms with Crippen LogP contribution in [-0.2, 0) is 6.54 Å². The van der Waals surface area contributed by atoms with Crippen molar-refractivity contribution in [3.8, 4) is 0 Å². The quantitative estimate of drug-likeness (QED) is 0.874. The number of hydrogen-bond donors (Lipinski definition) is 1. The Morgan fingerprint density at radius 1 is 1.32 bits per heavy atom. The standard InChI is InChI=1S/C16H25ClN2/c1-4-16(5-2)8-9-19(12-16)15-7-6-14(17)10-13(15)11-18-3/h6-7,10,18H,4-5,8-9,11-12H2,1-3H3. The van der Waals surface area contributed by atoms with E-state index in [1.807, 2.05) is 13.1 Å². The summed E-state index contributed by atoms with van der Waals surface area (Å²) in [6.45, 7) is 7.86. The van der Waals surface area contributed by atoms with Crippen molar-refractivity contribution in [2.45, 2.75) is 39.7 Å². The van der Waals surface area contributed by atoms with E-state index < -0.39 is 0 Å². The first-order valence-corrected chi connectivity index (χ1v) is 7.70. The van der Waals surface area contributed by atoms with Gasteiger partial charge in [-0.05, 0) is 55.5 Å². The van der Waals surface area contributed by atoms with Crippen LogP contribution < -0.4 is 10.2 Å². The van der Waals surface area contributed by atoms with Crippen molar-refractivity contribution >= 4 is 17.3 Å². The van der Waals surface area contributed by atoms with Gasteiger partial charge in [0.15, 0.2) is 0 Å². The molecule has 1 saturated heterocycles. The molecule has 0 unspecified atom stereocenters. The first kappa shape index (κ1) is 14.7. The molecule has 2 rings (SSSR count). The summed E-state index contributed by atoms with van der Waals surface area (Å²) in [5.74, 6) is 0. The first-order chi connectivity index (χ1) is 9.14. The van der Waals surface area contributed by atoms with Gasteiger partial charge in [0, 0.05) is 30.3 Å². The molecule has 1 aromatic rings. The van der Waals surface area contributed by atoms with E-state index in [0.717, 1.165) is 11.6 Å². The highest BCUT2D eigenvalue weighted by Crippen LogP contribution is 2.40. The van der Waals surface area contributed by atoms with E-state index in [2.05, 4.69) is 36.2 Å². The maximum absolute atomic E-state index is 6.12. The van der Waals surface area contributed by atoms with Crippen LogP contribution >= 0.6 is 11.6 Å². The highest BCUT2D eigenvalue weighted by molar-refractivity contribution is 6.30. The van der Waals surface area contributed by atoms with Crippen LogP contribution in [0.4, 0.5) is 5.69 Å². The fourth-order valence-corrected chi connectivity index (χ4v) is 3.36. The molecule has 0 bridgehead atoms. The van der Waals surface area contributed by atoms with Gasteiger partial charge < -0.3 is 10.2 Å². The summed E-state index contributed by atoms with van der Waals surface area (Å²) in [6.07, 6.45) is 3.85. The Labute approximate surface area is 122 Å². The van der Waals surface area contributed by atoms with Gasteiger partial charge in [0.2, 0.25) is 0 Å². The van der Waals surface area contributed by atoms with Crippen LogP contribution in [0, 0.1) is 5.41 Å². The van der Waals surface area contributed by atoms with Crippen molar-refractivity contribution in [1.82, 2.24) is 5.32 Å². The van der Waals surface area contributed by atoms with Crippen LogP contribution in [0.2, 0.25) is 5.02 Å². The molecule has 1 N–H and O–H groups in total. The molecule has 0 aliphatic carbocycles. The number of nitrogens with zero attached hydrogens (tertiary/aromatic N) is 1. The number of anilines is 1. The van der Waals surface area contributed by atoms with Crippen molar-refractivity contribution in [1.29, 1.82) is 0 Å². The molecule has 106 valence electrons. The van der Waals surface area contributed by atoms with E-state index in [9.17, 15) is 0 Å². The zero-order valence-corrected chi connectivity index (χ0v) is 13.1. The summed E-state index contributed by atoms with van der Waals surface area (Å²) < 4.78 is 0. The Balaban J connectivity index is 2.23. The zero-order valence-electron chi connectivity index (χ0n) is 12.3. The molecule has 2 nitrogen and oxygen atoms in total. The molecule has 3 heteroatoms. The Hall–Kier alpha value is -0.730. The third-order valence-corrected chi connectivity index (χ3v) is 4.92. The van der Waals surface area contributed by atoms with Crippen LogP contribution in [0.1, 0.15) is 38.7 Å². The molecule has 0 amide bonds. The third kappa shape index (κ3) is 3.06. The largest absolute Gasteiger partial charge is 0.371 e. The molecule has 19 heavy (non-hydrogen) atoms. The molecule has 0 saturated carbocycles. The van der Waals surface area contributed by atoms with Gasteiger partial charge in [-0.3, -0.25) is 0 Å². The normalized spacial score (nSPS) is 18.0. The van der Waals surface area contributed by atoms with Crippen molar-refractivity contribution in [3.63, 3.8) is 0 Å². The van der Waals surface area contributed by atoms with Crippen molar-refractivity contribution in [3.05, 3.63) is 28.8 Å². The summed E-state index contributed by atoms with van der Waals surface area (Å²) in [7, 11) is 1.98. The topological polar surface area (TPSA) is 15.3 Å². The lowest BCUT2D eigenvalue weighted by atomic mass is 9.82. The highest BCUT2D eigenvalue weighted by Gasteiger charge is 2.35. The molecule has 1 fully saturated rings. The predicted octanol–water partition coefficient (Wildman–Crippen LogP) is 4.08. The highest BCUT2D eigenvalue weighted by atomic mass is 35.5. The van der Waals surface area contributed by atoms with Gasteiger partial charge in [0.05, 0.1) is 0 Å². The lowest BCUT2D eigenvalue weighted by Crippen LogP contribution is -2.27. The molecule has 1 heterocycles. The summed E-state index contributed by atoms with van der Waals surface area (Å²) in [5, 5.41) is 4.06. The van der Waals surface area contributed by atoms with Gasteiger partial charge >= 0.3 is 0 Å². The fraction of sp³-hybridized carbons (Fsp3) is 0.625. The Morgan fingerprint density at radius 2 is 2.05 bits per heavy atom. The van der Waals surface area contributed by atoms with Gasteiger partial charge in [-0.15, -0.1) is 0 Å². The lowest BCUT2D eigenvalue weighted by molar-refractivity contribution is 0.301. The van der Waals surface area contributed by atoms with Crippen LogP contribution in [0.25, 0.3) is 0 Å². The number of nitrogens with one attached hydrogen (secondary N) is 1. The van der Waals surface area contributed by atoms with E-state index >= 15 is 0 Å². The number of halogens is 1. The summed E-state index contributed by atoms with van der Waals surface area (Å²) in [4.78, 5) is 2.54. The van der Waals surface area contributed by atoms with Crippen LogP contribution in [0.3, 0.4) is 0 Å². The van der Waals surface area contributed by atoms with Gasteiger partial charge in [0.1, 0.15) is 0 Å². The first-order valence-electron chi connectivity index (χ1n) is 7.32. The van der Waals surface area contributed by atoms with E-state index in [0.29, 0.717) is 5.41 Å². The van der Waals surface area contributed by atoms with E-state index in [-0.39, 0.29) is 0 Å². The van der Waals surface area contributed by atoms with Crippen LogP contribution in [-0.4, -0.2) is 20.1 Å². The summed E-state index contributed by atoms with van der Waals surface area (Å²) in [5.41, 5.74) is 3.16. The Kier molecular flexibility index (Phi) is 4.75. The molecule has 0 radical (unpaired) electrons. The van der Waals surface area contributed by atoms with E-state index in [1.165, 1.54) is 43.6 Å². The second kappa shape index (κ2) is 6.15. The molecular formula is C16H25ClN2. The number of rotatable bonds is 5. The van der Waals surface area contributed by atoms with Gasteiger partial charge in [-0.1, -0.05) is 25.4 Å². The lowest BCUT2D eigenvalue weighted by Gasteiger charge is -2.28. The Morgan fingerprint density at radius 3 is 2.63 bits per heavy atom. The maximum atomic E-state index is 6.12. The minimum atomic E-state index is 0.510. The molecule has 0 aromatic heterocycles. The van der Waals surface area contributed by atoms with Crippen molar-refractivity contribution in [2.24, 2.45) is 5.41 Å². The number of hydrogen-bond acceptors (Lipinski definition) is 2. The molecule has 0 spiro atoms. The SMILES string of the molecule is CCC1(CC)CCN(c2ccc(Cl)cc2CNC)C1. The minimum absolute atomic E-state index is 0.510. The van der Waals surface area contributed by atoms with Crippen LogP contribution in [0.5, 0.6) is 0 Å². The van der Waals surface area contributed by atoms with Gasteiger partial charge in [0.25, 0.3) is 0 Å². The molecular weight excluding hydrogens is 256 g/mol. The smallest absolute Gasteiger partial charge is 0.0413 e. The van der Waals surface area contributed by atoms with Crippen molar-refractivity contribution < 1.29 is 0 Å². The second-order valence-electron chi connectivity index (χ2n) is 5.68. The van der Waals surface area contributed by atoms with Gasteiger partial charge in [-0.2, -0.15) is 0 Å². The average Bonchev–Trinajstić information content (AvgIpc) is 2.84. The third-order valence-electron chi connectivity index (χ3n) is 4.69. The minimum Gasteiger partial charge on any atom is -0.371 e. The predicted molar refractivity (Wildman–Crippen MR) is 84.1 cm³/mol. The fourth-order valence-electron chi connectivity index (χ4n) is 3.16. The summed E-state index contributed by atoms with van der Waals surface area (Å²) >= 11 is 6.12. The molecule has 1 aromatic carbocycles. The average molecular weight is 281 g/mol. The summed E-state index contributed by atoms with van der Waals surface area (Å²) in [6, 6.07) is 6.27. The second-order valence-corrected chi connectivity index (χ2v) is 6.12. The maximum Gasteiger partial charge on any atom is 0.0413 e. The number of benzene rings is 1. The zero-order chi connectivity index (χ0) is 13.9. The molecule has 1 aliphatic rings. The monoisotopic (exact) mass is 280 g/mol. The Bertz CT molecular complexity index is 427. The van der Waals surface area contributed by atoms with E-state index in [1.54, 1.807) is 0 Å². The van der Waals surface area contributed by atoms with Gasteiger partial charge in [-0.25, -0.2) is 0 Å². The molecule has 0 atom stereocenters. The molecule has 1 aliphatic heterocycles. The van der Waals surface area contributed by atoms with Crippen molar-refractivity contribution in [2.75, 3.05) is 25.0 Å². The van der Waals surface area contributed by atoms with Crippen LogP contribution in [0.15, 0.2) is 18.2 Å².